The molecule has 1 amide bonds. The Labute approximate surface area is 230 Å². The van der Waals surface area contributed by atoms with E-state index in [-0.39, 0.29) is 16.5 Å². The Morgan fingerprint density at radius 2 is 1.97 bits per heavy atom. The van der Waals surface area contributed by atoms with Gasteiger partial charge in [-0.3, -0.25) is 14.5 Å². The molecule has 4 aromatic rings. The molecule has 1 aliphatic heterocycles. The summed E-state index contributed by atoms with van der Waals surface area (Å²) in [6, 6.07) is 15.8. The minimum atomic E-state index is -0.912. The van der Waals surface area contributed by atoms with E-state index in [9.17, 15) is 19.1 Å². The lowest BCUT2D eigenvalue weighted by molar-refractivity contribution is -0.117. The average Bonchev–Trinajstić information content (AvgIpc) is 3.68. The number of carbonyl (C=O) groups excluding carboxylic acids is 2. The first-order chi connectivity index (χ1) is 18.5. The summed E-state index contributed by atoms with van der Waals surface area (Å²) < 4.78 is 19.6. The summed E-state index contributed by atoms with van der Waals surface area (Å²) in [6.07, 6.45) is 0.824. The molecule has 0 saturated carbocycles. The molecule has 1 atom stereocenters. The molecule has 0 bridgehead atoms. The van der Waals surface area contributed by atoms with Crippen molar-refractivity contribution < 1.29 is 23.8 Å². The highest BCUT2D eigenvalue weighted by atomic mass is 32.2. The number of ether oxygens (including phenoxy) is 1. The Balaban J connectivity index is 1.49. The van der Waals surface area contributed by atoms with Crippen molar-refractivity contribution >= 4 is 51.3 Å². The van der Waals surface area contributed by atoms with Crippen LogP contribution in [0.5, 0.6) is 5.75 Å². The second-order valence-corrected chi connectivity index (χ2v) is 11.5. The number of nitrogens with zero attached hydrogens (tertiary/aromatic N) is 3. The van der Waals surface area contributed by atoms with Crippen molar-refractivity contribution in [2.75, 3.05) is 11.5 Å². The number of hydrogen-bond donors (Lipinski definition) is 1. The van der Waals surface area contributed by atoms with Gasteiger partial charge in [-0.05, 0) is 53.3 Å². The standard InChI is InChI=1S/C27H22FN3O4S3/c1-2-12-35-19-6-3-5-17(14-19)22-21(23(32)20-7-4-13-36-20)24(33)25(34)31(22)26-29-30-27(38-26)37-15-16-8-10-18(28)11-9-16/h3-11,13-14,22,33H,2,12,15H2,1H3. The van der Waals surface area contributed by atoms with E-state index < -0.39 is 23.5 Å². The number of thioether (sulfide) groups is 1. The lowest BCUT2D eigenvalue weighted by Gasteiger charge is -2.24. The van der Waals surface area contributed by atoms with Gasteiger partial charge in [0.1, 0.15) is 11.6 Å². The van der Waals surface area contributed by atoms with Gasteiger partial charge in [0.25, 0.3) is 5.91 Å². The number of aromatic nitrogens is 2. The van der Waals surface area contributed by atoms with Crippen LogP contribution in [0.3, 0.4) is 0 Å². The third-order valence-corrected chi connectivity index (χ3v) is 8.72. The number of carbonyl (C=O) groups is 2. The Bertz CT molecular complexity index is 1490. The van der Waals surface area contributed by atoms with Crippen LogP contribution in [-0.4, -0.2) is 33.6 Å². The lowest BCUT2D eigenvalue weighted by atomic mass is 9.95. The van der Waals surface area contributed by atoms with Crippen molar-refractivity contribution in [3.63, 3.8) is 0 Å². The maximum Gasteiger partial charge on any atom is 0.296 e. The Kier molecular flexibility index (Phi) is 7.87. The molecule has 0 radical (unpaired) electrons. The first-order valence-electron chi connectivity index (χ1n) is 11.7. The Morgan fingerprint density at radius 1 is 1.16 bits per heavy atom. The summed E-state index contributed by atoms with van der Waals surface area (Å²) in [4.78, 5) is 28.6. The quantitative estimate of drug-likeness (QED) is 0.131. The van der Waals surface area contributed by atoms with E-state index in [1.165, 1.54) is 51.5 Å². The van der Waals surface area contributed by atoms with Gasteiger partial charge < -0.3 is 9.84 Å². The first-order valence-corrected chi connectivity index (χ1v) is 14.4. The second kappa shape index (κ2) is 11.5. The van der Waals surface area contributed by atoms with Crippen molar-refractivity contribution in [2.24, 2.45) is 0 Å². The summed E-state index contributed by atoms with van der Waals surface area (Å²) >= 11 is 3.82. The Hall–Kier alpha value is -3.54. The zero-order valence-corrected chi connectivity index (χ0v) is 22.6. The van der Waals surface area contributed by atoms with Crippen LogP contribution >= 0.6 is 34.4 Å². The molecule has 7 nitrogen and oxygen atoms in total. The van der Waals surface area contributed by atoms with Crippen LogP contribution in [0.15, 0.2) is 81.7 Å². The third kappa shape index (κ3) is 5.35. The molecule has 2 aromatic carbocycles. The summed E-state index contributed by atoms with van der Waals surface area (Å²) in [5.74, 6) is -0.924. The Morgan fingerprint density at radius 3 is 2.71 bits per heavy atom. The average molecular weight is 568 g/mol. The van der Waals surface area contributed by atoms with E-state index in [1.54, 1.807) is 53.9 Å². The van der Waals surface area contributed by atoms with Crippen molar-refractivity contribution in [3.05, 3.63) is 99.2 Å². The number of aliphatic hydroxyl groups is 1. The number of ketones is 1. The van der Waals surface area contributed by atoms with Crippen LogP contribution < -0.4 is 9.64 Å². The highest BCUT2D eigenvalue weighted by Gasteiger charge is 2.46. The van der Waals surface area contributed by atoms with Gasteiger partial charge in [0.2, 0.25) is 10.9 Å². The van der Waals surface area contributed by atoms with Crippen molar-refractivity contribution in [1.29, 1.82) is 0 Å². The number of benzene rings is 2. The molecular weight excluding hydrogens is 546 g/mol. The van der Waals surface area contributed by atoms with E-state index in [4.69, 9.17) is 4.74 Å². The van der Waals surface area contributed by atoms with Crippen molar-refractivity contribution in [1.82, 2.24) is 10.2 Å². The topological polar surface area (TPSA) is 92.6 Å². The van der Waals surface area contributed by atoms with Crippen molar-refractivity contribution in [3.8, 4) is 5.75 Å². The van der Waals surface area contributed by atoms with Crippen LogP contribution in [-0.2, 0) is 10.5 Å². The normalized spacial score (nSPS) is 15.4. The number of anilines is 1. The highest BCUT2D eigenvalue weighted by molar-refractivity contribution is 8.00. The summed E-state index contributed by atoms with van der Waals surface area (Å²) in [5, 5.41) is 21.4. The molecule has 194 valence electrons. The summed E-state index contributed by atoms with van der Waals surface area (Å²) in [7, 11) is 0. The minimum Gasteiger partial charge on any atom is -0.503 e. The predicted molar refractivity (Wildman–Crippen MR) is 147 cm³/mol. The SMILES string of the molecule is CCCOc1cccc(C2C(C(=O)c3cccs3)=C(O)C(=O)N2c2nnc(SCc3ccc(F)cc3)s2)c1. The van der Waals surface area contributed by atoms with Gasteiger partial charge >= 0.3 is 0 Å². The van der Waals surface area contributed by atoms with Gasteiger partial charge in [-0.25, -0.2) is 4.39 Å². The number of thiophene rings is 1. The van der Waals surface area contributed by atoms with Crippen LogP contribution in [0.25, 0.3) is 0 Å². The maximum atomic E-state index is 13.5. The second-order valence-electron chi connectivity index (χ2n) is 8.33. The molecule has 3 heterocycles. The molecule has 38 heavy (non-hydrogen) atoms. The molecule has 0 saturated heterocycles. The van der Waals surface area contributed by atoms with E-state index in [2.05, 4.69) is 10.2 Å². The highest BCUT2D eigenvalue weighted by Crippen LogP contribution is 2.44. The monoisotopic (exact) mass is 567 g/mol. The molecular formula is C27H22FN3O4S3. The third-order valence-electron chi connectivity index (χ3n) is 5.72. The zero-order chi connectivity index (χ0) is 26.6. The number of amides is 1. The zero-order valence-electron chi connectivity index (χ0n) is 20.2. The van der Waals surface area contributed by atoms with Crippen LogP contribution in [0.1, 0.15) is 40.2 Å². The van der Waals surface area contributed by atoms with Gasteiger partial charge in [-0.2, -0.15) is 0 Å². The van der Waals surface area contributed by atoms with Crippen molar-refractivity contribution in [2.45, 2.75) is 29.5 Å². The van der Waals surface area contributed by atoms with Gasteiger partial charge in [-0.15, -0.1) is 21.5 Å². The van der Waals surface area contributed by atoms with E-state index in [0.29, 0.717) is 32.9 Å². The largest absolute Gasteiger partial charge is 0.503 e. The fourth-order valence-electron chi connectivity index (χ4n) is 3.97. The molecule has 5 rings (SSSR count). The summed E-state index contributed by atoms with van der Waals surface area (Å²) in [6.45, 7) is 2.52. The number of hydrogen-bond acceptors (Lipinski definition) is 9. The van der Waals surface area contributed by atoms with Gasteiger partial charge in [0.05, 0.1) is 23.1 Å². The molecule has 0 aliphatic carbocycles. The fraction of sp³-hybridized carbons (Fsp3) is 0.185. The molecule has 1 N–H and O–H groups in total. The minimum absolute atomic E-state index is 0.0131. The molecule has 0 fully saturated rings. The molecule has 1 unspecified atom stereocenters. The smallest absolute Gasteiger partial charge is 0.296 e. The molecule has 1 aliphatic rings. The van der Waals surface area contributed by atoms with Gasteiger partial charge in [-0.1, -0.05) is 60.4 Å². The maximum absolute atomic E-state index is 13.5. The number of rotatable bonds is 10. The van der Waals surface area contributed by atoms with Crippen LogP contribution in [0, 0.1) is 5.82 Å². The van der Waals surface area contributed by atoms with Gasteiger partial charge in [0, 0.05) is 5.75 Å². The summed E-state index contributed by atoms with van der Waals surface area (Å²) in [5.41, 5.74) is 1.50. The molecule has 2 aromatic heterocycles. The molecule has 0 spiro atoms. The van der Waals surface area contributed by atoms with Crippen LogP contribution in [0.4, 0.5) is 9.52 Å². The molecule has 11 heteroatoms. The van der Waals surface area contributed by atoms with Crippen LogP contribution in [0.2, 0.25) is 0 Å². The predicted octanol–water partition coefficient (Wildman–Crippen LogP) is 6.60. The lowest BCUT2D eigenvalue weighted by Crippen LogP contribution is -2.31. The van der Waals surface area contributed by atoms with E-state index in [0.717, 1.165) is 12.0 Å². The van der Waals surface area contributed by atoms with Gasteiger partial charge in [0.15, 0.2) is 10.1 Å². The van der Waals surface area contributed by atoms with E-state index >= 15 is 0 Å². The fourth-order valence-corrected chi connectivity index (χ4v) is 6.47. The number of halogens is 1. The first kappa shape index (κ1) is 26.1. The number of Topliss-reactive ketones (excluding diaryl/α,β-unsaturated/α-hetero) is 1. The van der Waals surface area contributed by atoms with E-state index in [1.807, 2.05) is 6.92 Å². The number of aliphatic hydroxyl groups excluding tert-OH is 1.